The first-order valence-corrected chi connectivity index (χ1v) is 5.09. The molecule has 2 aromatic rings. The topological polar surface area (TPSA) is 54.2 Å². The minimum atomic E-state index is 0.686. The van der Waals surface area contributed by atoms with Gasteiger partial charge in [-0.05, 0) is 12.1 Å². The number of aromatic nitrogens is 2. The van der Waals surface area contributed by atoms with Crippen LogP contribution in [0, 0.1) is 0 Å². The maximum atomic E-state index is 5.16. The zero-order valence-electron chi connectivity index (χ0n) is 8.31. The first kappa shape index (κ1) is 8.67. The van der Waals surface area contributed by atoms with Crippen LogP contribution in [0.2, 0.25) is 0 Å². The van der Waals surface area contributed by atoms with Gasteiger partial charge in [0.2, 0.25) is 0 Å². The number of pyridine rings is 1. The van der Waals surface area contributed by atoms with E-state index in [1.54, 1.807) is 0 Å². The Bertz CT molecular complexity index is 461. The third kappa shape index (κ3) is 1.55. The number of nitrogens with zero attached hydrogens (tertiary/aromatic N) is 3. The summed E-state index contributed by atoms with van der Waals surface area (Å²) in [6, 6.07) is 3.91. The van der Waals surface area contributed by atoms with Gasteiger partial charge in [0, 0.05) is 26.2 Å². The molecule has 2 aromatic heterocycles. The second-order valence-electron chi connectivity index (χ2n) is 3.58. The standard InChI is InChI=1S/C10H12N4O/c1-2-9(14-5-3-11-4-6-14)13-10-8(1)15-7-12-10/h1-2,7,11H,3-6H2. The van der Waals surface area contributed by atoms with E-state index in [0.717, 1.165) is 37.6 Å². The summed E-state index contributed by atoms with van der Waals surface area (Å²) in [4.78, 5) is 10.8. The van der Waals surface area contributed by atoms with Gasteiger partial charge in [0.25, 0.3) is 0 Å². The summed E-state index contributed by atoms with van der Waals surface area (Å²) >= 11 is 0. The van der Waals surface area contributed by atoms with Crippen molar-refractivity contribution in [3.63, 3.8) is 0 Å². The minimum absolute atomic E-state index is 0.686. The molecule has 0 aromatic carbocycles. The first-order valence-electron chi connectivity index (χ1n) is 5.09. The lowest BCUT2D eigenvalue weighted by Gasteiger charge is -2.28. The molecule has 3 rings (SSSR count). The molecule has 1 aliphatic rings. The Labute approximate surface area is 87.1 Å². The highest BCUT2D eigenvalue weighted by Crippen LogP contribution is 2.16. The number of nitrogens with one attached hydrogen (secondary N) is 1. The van der Waals surface area contributed by atoms with Gasteiger partial charge >= 0.3 is 0 Å². The average molecular weight is 204 g/mol. The fraction of sp³-hybridized carbons (Fsp3) is 0.400. The Balaban J connectivity index is 1.95. The van der Waals surface area contributed by atoms with Gasteiger partial charge < -0.3 is 14.6 Å². The normalized spacial score (nSPS) is 17.2. The summed E-state index contributed by atoms with van der Waals surface area (Å²) in [7, 11) is 0. The number of fused-ring (bicyclic) bond motifs is 1. The van der Waals surface area contributed by atoms with Crippen molar-refractivity contribution in [2.75, 3.05) is 31.1 Å². The number of hydrogen-bond acceptors (Lipinski definition) is 5. The molecule has 1 saturated heterocycles. The number of oxazole rings is 1. The smallest absolute Gasteiger partial charge is 0.200 e. The van der Waals surface area contributed by atoms with Gasteiger partial charge in [0.05, 0.1) is 0 Å². The van der Waals surface area contributed by atoms with Crippen LogP contribution in [0.4, 0.5) is 5.82 Å². The van der Waals surface area contributed by atoms with Gasteiger partial charge in [0.15, 0.2) is 17.6 Å². The number of rotatable bonds is 1. The molecule has 3 heterocycles. The van der Waals surface area contributed by atoms with Crippen molar-refractivity contribution < 1.29 is 4.42 Å². The molecule has 0 amide bonds. The maximum absolute atomic E-state index is 5.16. The molecular weight excluding hydrogens is 192 g/mol. The second kappa shape index (κ2) is 3.51. The van der Waals surface area contributed by atoms with Crippen LogP contribution in [-0.4, -0.2) is 36.1 Å². The quantitative estimate of drug-likeness (QED) is 0.738. The van der Waals surface area contributed by atoms with Gasteiger partial charge in [-0.15, -0.1) is 0 Å². The molecule has 0 bridgehead atoms. The van der Waals surface area contributed by atoms with Crippen LogP contribution < -0.4 is 10.2 Å². The third-order valence-electron chi connectivity index (χ3n) is 2.62. The van der Waals surface area contributed by atoms with Crippen LogP contribution >= 0.6 is 0 Å². The molecule has 0 radical (unpaired) electrons. The minimum Gasteiger partial charge on any atom is -0.442 e. The van der Waals surface area contributed by atoms with Crippen molar-refractivity contribution in [2.24, 2.45) is 0 Å². The fourth-order valence-electron chi connectivity index (χ4n) is 1.81. The molecule has 0 aliphatic carbocycles. The summed E-state index contributed by atoms with van der Waals surface area (Å²) in [6.45, 7) is 4.02. The summed E-state index contributed by atoms with van der Waals surface area (Å²) in [6.07, 6.45) is 1.43. The molecule has 0 saturated carbocycles. The number of piperazine rings is 1. The van der Waals surface area contributed by atoms with Gasteiger partial charge in [-0.3, -0.25) is 0 Å². The van der Waals surface area contributed by atoms with Crippen LogP contribution in [-0.2, 0) is 0 Å². The zero-order chi connectivity index (χ0) is 10.1. The molecule has 78 valence electrons. The van der Waals surface area contributed by atoms with Gasteiger partial charge in [-0.1, -0.05) is 0 Å². The third-order valence-corrected chi connectivity index (χ3v) is 2.62. The Kier molecular flexibility index (Phi) is 2.03. The van der Waals surface area contributed by atoms with Gasteiger partial charge in [-0.2, -0.15) is 4.98 Å². The zero-order valence-corrected chi connectivity index (χ0v) is 8.31. The summed E-state index contributed by atoms with van der Waals surface area (Å²) in [5, 5.41) is 3.31. The van der Waals surface area contributed by atoms with Crippen molar-refractivity contribution in [2.45, 2.75) is 0 Å². The number of hydrogen-bond donors (Lipinski definition) is 1. The fourth-order valence-corrected chi connectivity index (χ4v) is 1.81. The second-order valence-corrected chi connectivity index (χ2v) is 3.58. The molecule has 5 heteroatoms. The lowest BCUT2D eigenvalue weighted by atomic mass is 10.3. The monoisotopic (exact) mass is 204 g/mol. The highest BCUT2D eigenvalue weighted by atomic mass is 16.3. The molecular formula is C10H12N4O. The molecule has 0 unspecified atom stereocenters. The van der Waals surface area contributed by atoms with Gasteiger partial charge in [-0.25, -0.2) is 4.98 Å². The SMILES string of the molecule is c1nc2nc(N3CCNCC3)ccc2o1. The van der Waals surface area contributed by atoms with Crippen LogP contribution in [0.3, 0.4) is 0 Å². The lowest BCUT2D eigenvalue weighted by Crippen LogP contribution is -2.43. The van der Waals surface area contributed by atoms with Crippen molar-refractivity contribution in [1.29, 1.82) is 0 Å². The van der Waals surface area contributed by atoms with E-state index in [2.05, 4.69) is 20.2 Å². The largest absolute Gasteiger partial charge is 0.442 e. The van der Waals surface area contributed by atoms with E-state index in [1.807, 2.05) is 12.1 Å². The van der Waals surface area contributed by atoms with E-state index in [0.29, 0.717) is 5.65 Å². The molecule has 0 spiro atoms. The van der Waals surface area contributed by atoms with Crippen LogP contribution in [0.5, 0.6) is 0 Å². The van der Waals surface area contributed by atoms with E-state index in [1.165, 1.54) is 6.39 Å². The number of anilines is 1. The highest BCUT2D eigenvalue weighted by Gasteiger charge is 2.12. The predicted molar refractivity (Wildman–Crippen MR) is 56.9 cm³/mol. The Hall–Kier alpha value is -1.62. The van der Waals surface area contributed by atoms with Crippen molar-refractivity contribution in [3.8, 4) is 0 Å². The molecule has 1 aliphatic heterocycles. The molecule has 5 nitrogen and oxygen atoms in total. The van der Waals surface area contributed by atoms with E-state index in [9.17, 15) is 0 Å². The van der Waals surface area contributed by atoms with Crippen molar-refractivity contribution in [1.82, 2.24) is 15.3 Å². The van der Waals surface area contributed by atoms with Crippen LogP contribution in [0.1, 0.15) is 0 Å². The van der Waals surface area contributed by atoms with E-state index < -0.39 is 0 Å². The molecule has 15 heavy (non-hydrogen) atoms. The Morgan fingerprint density at radius 2 is 2.13 bits per heavy atom. The van der Waals surface area contributed by atoms with Crippen molar-refractivity contribution >= 4 is 17.0 Å². The average Bonchev–Trinajstić information content (AvgIpc) is 2.77. The Morgan fingerprint density at radius 3 is 3.00 bits per heavy atom. The molecule has 1 fully saturated rings. The predicted octanol–water partition coefficient (Wildman–Crippen LogP) is 0.632. The van der Waals surface area contributed by atoms with E-state index >= 15 is 0 Å². The summed E-state index contributed by atoms with van der Waals surface area (Å²) in [5.41, 5.74) is 1.43. The highest BCUT2D eigenvalue weighted by molar-refractivity contribution is 5.70. The summed E-state index contributed by atoms with van der Waals surface area (Å²) < 4.78 is 5.16. The maximum Gasteiger partial charge on any atom is 0.200 e. The van der Waals surface area contributed by atoms with E-state index in [-0.39, 0.29) is 0 Å². The first-order chi connectivity index (χ1) is 7.43. The summed E-state index contributed by atoms with van der Waals surface area (Å²) in [5.74, 6) is 0.984. The molecule has 0 atom stereocenters. The van der Waals surface area contributed by atoms with E-state index in [4.69, 9.17) is 4.42 Å². The Morgan fingerprint density at radius 1 is 1.27 bits per heavy atom. The van der Waals surface area contributed by atoms with Gasteiger partial charge in [0.1, 0.15) is 5.82 Å². The lowest BCUT2D eigenvalue weighted by molar-refractivity contribution is 0.585. The molecule has 1 N–H and O–H groups in total. The van der Waals surface area contributed by atoms with Crippen molar-refractivity contribution in [3.05, 3.63) is 18.5 Å². The van der Waals surface area contributed by atoms with Crippen LogP contribution in [0.25, 0.3) is 11.2 Å². The van der Waals surface area contributed by atoms with Crippen LogP contribution in [0.15, 0.2) is 22.9 Å².